The van der Waals surface area contributed by atoms with Gasteiger partial charge in [-0.15, -0.1) is 5.10 Å². The van der Waals surface area contributed by atoms with E-state index in [9.17, 15) is 4.79 Å². The number of carbonyl (C=O) groups is 1. The molecule has 0 bridgehead atoms. The number of benzene rings is 2. The van der Waals surface area contributed by atoms with Crippen LogP contribution in [0.25, 0.3) is 5.69 Å². The van der Waals surface area contributed by atoms with Crippen LogP contribution < -0.4 is 5.32 Å². The van der Waals surface area contributed by atoms with Gasteiger partial charge >= 0.3 is 6.03 Å². The maximum Gasteiger partial charge on any atom is 0.321 e. The summed E-state index contributed by atoms with van der Waals surface area (Å²) >= 11 is 0. The minimum atomic E-state index is -0.0517. The van der Waals surface area contributed by atoms with Gasteiger partial charge in [-0.1, -0.05) is 23.8 Å². The molecule has 1 fully saturated rings. The molecule has 1 aliphatic heterocycles. The quantitative estimate of drug-likeness (QED) is 0.722. The fourth-order valence-electron chi connectivity index (χ4n) is 3.75. The fraction of sp³-hybridized carbons (Fsp3) is 0.364. The molecule has 8 heteroatoms. The van der Waals surface area contributed by atoms with Crippen molar-refractivity contribution in [3.05, 3.63) is 65.0 Å². The molecule has 1 aliphatic rings. The third kappa shape index (κ3) is 4.65. The molecule has 0 atom stereocenters. The number of urea groups is 1. The molecule has 1 N–H and O–H groups in total. The maximum atomic E-state index is 12.6. The first-order chi connectivity index (χ1) is 14.5. The molecule has 4 rings (SSSR count). The molecule has 2 amide bonds. The number of amides is 2. The van der Waals surface area contributed by atoms with E-state index in [4.69, 9.17) is 0 Å². The van der Waals surface area contributed by atoms with Crippen LogP contribution in [0.4, 0.5) is 10.5 Å². The highest BCUT2D eigenvalue weighted by molar-refractivity contribution is 5.89. The summed E-state index contributed by atoms with van der Waals surface area (Å²) in [5.41, 5.74) is 5.27. The summed E-state index contributed by atoms with van der Waals surface area (Å²) in [5.74, 6) is 0.798. The van der Waals surface area contributed by atoms with E-state index in [0.717, 1.165) is 41.4 Å². The van der Waals surface area contributed by atoms with Gasteiger partial charge in [0.2, 0.25) is 0 Å². The Morgan fingerprint density at radius 1 is 0.933 bits per heavy atom. The Hall–Kier alpha value is -3.26. The summed E-state index contributed by atoms with van der Waals surface area (Å²) in [6, 6.07) is 14.2. The lowest BCUT2D eigenvalue weighted by molar-refractivity contribution is 0.140. The summed E-state index contributed by atoms with van der Waals surface area (Å²) in [6.07, 6.45) is 0. The molecule has 8 nitrogen and oxygen atoms in total. The van der Waals surface area contributed by atoms with Gasteiger partial charge in [0.15, 0.2) is 5.82 Å². The maximum absolute atomic E-state index is 12.6. The topological polar surface area (TPSA) is 79.2 Å². The van der Waals surface area contributed by atoms with Crippen molar-refractivity contribution in [3.63, 3.8) is 0 Å². The smallest absolute Gasteiger partial charge is 0.321 e. The Kier molecular flexibility index (Phi) is 5.76. The first-order valence-corrected chi connectivity index (χ1v) is 10.2. The van der Waals surface area contributed by atoms with Crippen LogP contribution >= 0.6 is 0 Å². The molecule has 0 spiro atoms. The van der Waals surface area contributed by atoms with Crippen molar-refractivity contribution in [1.82, 2.24) is 30.0 Å². The standard InChI is InChI=1S/C22H27N7O/c1-16-4-6-20(7-5-16)29-21(24-25-26-29)15-27-8-10-28(11-9-27)22(30)23-19-13-17(2)12-18(3)14-19/h4-7,12-14H,8-11,15H2,1-3H3,(H,23,30). The molecule has 0 aliphatic carbocycles. The van der Waals surface area contributed by atoms with Gasteiger partial charge < -0.3 is 10.2 Å². The van der Waals surface area contributed by atoms with Crippen LogP contribution in [0.5, 0.6) is 0 Å². The number of aryl methyl sites for hydroxylation is 3. The Morgan fingerprint density at radius 2 is 1.60 bits per heavy atom. The average Bonchev–Trinajstić information content (AvgIpc) is 3.16. The van der Waals surface area contributed by atoms with Gasteiger partial charge in [0, 0.05) is 31.9 Å². The molecule has 0 radical (unpaired) electrons. The van der Waals surface area contributed by atoms with Crippen LogP contribution in [0.15, 0.2) is 42.5 Å². The third-order valence-corrected chi connectivity index (χ3v) is 5.31. The van der Waals surface area contributed by atoms with E-state index >= 15 is 0 Å². The zero-order chi connectivity index (χ0) is 21.1. The van der Waals surface area contributed by atoms with Gasteiger partial charge in [-0.3, -0.25) is 4.90 Å². The molecule has 2 heterocycles. The van der Waals surface area contributed by atoms with Gasteiger partial charge in [-0.05, 0) is 66.6 Å². The summed E-state index contributed by atoms with van der Waals surface area (Å²) in [7, 11) is 0. The van der Waals surface area contributed by atoms with E-state index in [-0.39, 0.29) is 6.03 Å². The number of hydrogen-bond donors (Lipinski definition) is 1. The number of rotatable bonds is 4. The molecule has 0 saturated carbocycles. The predicted molar refractivity (Wildman–Crippen MR) is 116 cm³/mol. The van der Waals surface area contributed by atoms with Crippen molar-refractivity contribution in [2.75, 3.05) is 31.5 Å². The van der Waals surface area contributed by atoms with Gasteiger partial charge in [-0.2, -0.15) is 4.68 Å². The molecule has 3 aromatic rings. The molecule has 1 aromatic heterocycles. The van der Waals surface area contributed by atoms with Crippen molar-refractivity contribution in [3.8, 4) is 5.69 Å². The Balaban J connectivity index is 1.34. The Bertz CT molecular complexity index is 1000. The van der Waals surface area contributed by atoms with Crippen LogP contribution in [-0.2, 0) is 6.54 Å². The minimum Gasteiger partial charge on any atom is -0.322 e. The van der Waals surface area contributed by atoms with Gasteiger partial charge in [-0.25, -0.2) is 4.79 Å². The summed E-state index contributed by atoms with van der Waals surface area (Å²) in [5, 5.41) is 15.2. The van der Waals surface area contributed by atoms with E-state index in [1.807, 2.05) is 55.1 Å². The largest absolute Gasteiger partial charge is 0.322 e. The van der Waals surface area contributed by atoms with E-state index in [1.165, 1.54) is 5.56 Å². The molecule has 2 aromatic carbocycles. The SMILES string of the molecule is Cc1ccc(-n2nnnc2CN2CCN(C(=O)Nc3cc(C)cc(C)c3)CC2)cc1. The number of tetrazole rings is 1. The zero-order valence-electron chi connectivity index (χ0n) is 17.7. The first kappa shape index (κ1) is 20.0. The van der Waals surface area contributed by atoms with Crippen molar-refractivity contribution >= 4 is 11.7 Å². The Labute approximate surface area is 176 Å². The number of nitrogens with zero attached hydrogens (tertiary/aromatic N) is 6. The Morgan fingerprint density at radius 3 is 2.27 bits per heavy atom. The number of piperazine rings is 1. The van der Waals surface area contributed by atoms with Crippen LogP contribution in [-0.4, -0.2) is 62.2 Å². The monoisotopic (exact) mass is 405 g/mol. The highest BCUT2D eigenvalue weighted by Crippen LogP contribution is 2.16. The second-order valence-electron chi connectivity index (χ2n) is 7.91. The van der Waals surface area contributed by atoms with Crippen LogP contribution in [0.3, 0.4) is 0 Å². The highest BCUT2D eigenvalue weighted by atomic mass is 16.2. The van der Waals surface area contributed by atoms with Gasteiger partial charge in [0.05, 0.1) is 12.2 Å². The van der Waals surface area contributed by atoms with E-state index in [2.05, 4.69) is 38.7 Å². The first-order valence-electron chi connectivity index (χ1n) is 10.2. The molecular weight excluding hydrogens is 378 g/mol. The van der Waals surface area contributed by atoms with Crippen molar-refractivity contribution < 1.29 is 4.79 Å². The lowest BCUT2D eigenvalue weighted by Gasteiger charge is -2.34. The molecule has 156 valence electrons. The molecule has 30 heavy (non-hydrogen) atoms. The number of hydrogen-bond acceptors (Lipinski definition) is 5. The van der Waals surface area contributed by atoms with Gasteiger partial charge in [0.1, 0.15) is 0 Å². The van der Waals surface area contributed by atoms with Crippen LogP contribution in [0.2, 0.25) is 0 Å². The lowest BCUT2D eigenvalue weighted by atomic mass is 10.1. The second-order valence-corrected chi connectivity index (χ2v) is 7.91. The predicted octanol–water partition coefficient (Wildman–Crippen LogP) is 2.94. The molecule has 1 saturated heterocycles. The summed E-state index contributed by atoms with van der Waals surface area (Å²) in [6.45, 7) is 9.66. The average molecular weight is 406 g/mol. The normalized spacial score (nSPS) is 14.7. The van der Waals surface area contributed by atoms with Crippen LogP contribution in [0.1, 0.15) is 22.5 Å². The van der Waals surface area contributed by atoms with Crippen molar-refractivity contribution in [1.29, 1.82) is 0 Å². The fourth-order valence-corrected chi connectivity index (χ4v) is 3.75. The summed E-state index contributed by atoms with van der Waals surface area (Å²) in [4.78, 5) is 16.8. The third-order valence-electron chi connectivity index (χ3n) is 5.31. The molecule has 0 unspecified atom stereocenters. The summed E-state index contributed by atoms with van der Waals surface area (Å²) < 4.78 is 1.78. The van der Waals surface area contributed by atoms with E-state index < -0.39 is 0 Å². The zero-order valence-corrected chi connectivity index (χ0v) is 17.7. The number of carbonyl (C=O) groups excluding carboxylic acids is 1. The lowest BCUT2D eigenvalue weighted by Crippen LogP contribution is -2.49. The van der Waals surface area contributed by atoms with Crippen LogP contribution in [0, 0.1) is 20.8 Å². The van der Waals surface area contributed by atoms with Gasteiger partial charge in [0.25, 0.3) is 0 Å². The number of nitrogens with one attached hydrogen (secondary N) is 1. The van der Waals surface area contributed by atoms with Crippen molar-refractivity contribution in [2.24, 2.45) is 0 Å². The van der Waals surface area contributed by atoms with E-state index in [0.29, 0.717) is 19.6 Å². The minimum absolute atomic E-state index is 0.0517. The van der Waals surface area contributed by atoms with E-state index in [1.54, 1.807) is 4.68 Å². The molecular formula is C22H27N7O. The highest BCUT2D eigenvalue weighted by Gasteiger charge is 2.23. The second kappa shape index (κ2) is 8.62. The van der Waals surface area contributed by atoms with Crippen molar-refractivity contribution in [2.45, 2.75) is 27.3 Å². The number of anilines is 1. The number of aromatic nitrogens is 4.